The van der Waals surface area contributed by atoms with E-state index in [0.717, 1.165) is 18.4 Å². The van der Waals surface area contributed by atoms with Crippen molar-refractivity contribution in [3.05, 3.63) is 35.4 Å². The Kier molecular flexibility index (Phi) is 5.73. The SMILES string of the molecule is O=C(O)CCCC(=O)N1CCCC(c2ccc(C(=O)O)cc2)C1. The Morgan fingerprint density at radius 1 is 1.09 bits per heavy atom. The summed E-state index contributed by atoms with van der Waals surface area (Å²) in [6, 6.07) is 6.80. The third-order valence-corrected chi connectivity index (χ3v) is 4.18. The topological polar surface area (TPSA) is 94.9 Å². The van der Waals surface area contributed by atoms with E-state index in [0.29, 0.717) is 19.5 Å². The molecule has 1 heterocycles. The second-order valence-electron chi connectivity index (χ2n) is 5.85. The first-order chi connectivity index (χ1) is 11.0. The molecule has 1 aliphatic rings. The summed E-state index contributed by atoms with van der Waals surface area (Å²) in [6.45, 7) is 1.31. The first-order valence-corrected chi connectivity index (χ1v) is 7.80. The predicted molar refractivity (Wildman–Crippen MR) is 83.4 cm³/mol. The number of carbonyl (C=O) groups is 3. The molecule has 1 aliphatic heterocycles. The Hall–Kier alpha value is -2.37. The van der Waals surface area contributed by atoms with Crippen molar-refractivity contribution in [1.29, 1.82) is 0 Å². The van der Waals surface area contributed by atoms with E-state index in [-0.39, 0.29) is 30.2 Å². The van der Waals surface area contributed by atoms with Crippen LogP contribution in [0.5, 0.6) is 0 Å². The summed E-state index contributed by atoms with van der Waals surface area (Å²) in [6.07, 6.45) is 2.50. The number of likely N-dealkylation sites (tertiary alicyclic amines) is 1. The van der Waals surface area contributed by atoms with Gasteiger partial charge in [-0.1, -0.05) is 12.1 Å². The van der Waals surface area contributed by atoms with Gasteiger partial charge in [0, 0.05) is 31.8 Å². The molecule has 1 fully saturated rings. The van der Waals surface area contributed by atoms with Crippen molar-refractivity contribution >= 4 is 17.8 Å². The number of carboxylic acids is 2. The molecule has 0 radical (unpaired) electrons. The third-order valence-electron chi connectivity index (χ3n) is 4.18. The average molecular weight is 319 g/mol. The van der Waals surface area contributed by atoms with Crippen LogP contribution >= 0.6 is 0 Å². The molecule has 0 bridgehead atoms. The normalized spacial score (nSPS) is 17.7. The Bertz CT molecular complexity index is 581. The van der Waals surface area contributed by atoms with E-state index in [4.69, 9.17) is 10.2 Å². The molecular formula is C17H21NO5. The minimum Gasteiger partial charge on any atom is -0.481 e. The Morgan fingerprint density at radius 2 is 1.78 bits per heavy atom. The summed E-state index contributed by atoms with van der Waals surface area (Å²) in [5.41, 5.74) is 1.30. The average Bonchev–Trinajstić information content (AvgIpc) is 2.54. The van der Waals surface area contributed by atoms with Crippen LogP contribution in [0.25, 0.3) is 0 Å². The number of carboxylic acid groups (broad SMARTS) is 2. The molecule has 6 heteroatoms. The highest BCUT2D eigenvalue weighted by Crippen LogP contribution is 2.27. The van der Waals surface area contributed by atoms with Crippen LogP contribution in [0.1, 0.15) is 53.9 Å². The molecule has 1 amide bonds. The number of carbonyl (C=O) groups excluding carboxylic acids is 1. The number of hydrogen-bond acceptors (Lipinski definition) is 3. The number of hydrogen-bond donors (Lipinski definition) is 2. The fourth-order valence-corrected chi connectivity index (χ4v) is 2.92. The molecule has 0 aliphatic carbocycles. The number of benzene rings is 1. The van der Waals surface area contributed by atoms with Gasteiger partial charge in [-0.25, -0.2) is 4.79 Å². The van der Waals surface area contributed by atoms with Crippen molar-refractivity contribution in [2.45, 2.75) is 38.0 Å². The maximum atomic E-state index is 12.2. The number of piperidine rings is 1. The first kappa shape index (κ1) is 17.0. The van der Waals surface area contributed by atoms with Gasteiger partial charge in [-0.2, -0.15) is 0 Å². The van der Waals surface area contributed by atoms with E-state index in [1.54, 1.807) is 17.0 Å². The van der Waals surface area contributed by atoms with Crippen LogP contribution in [0.3, 0.4) is 0 Å². The summed E-state index contributed by atoms with van der Waals surface area (Å²) in [7, 11) is 0. The smallest absolute Gasteiger partial charge is 0.335 e. The van der Waals surface area contributed by atoms with E-state index in [1.807, 2.05) is 12.1 Å². The number of aliphatic carboxylic acids is 1. The van der Waals surface area contributed by atoms with Crippen LogP contribution in [-0.4, -0.2) is 46.0 Å². The molecule has 1 saturated heterocycles. The number of aromatic carboxylic acids is 1. The largest absolute Gasteiger partial charge is 0.481 e. The fourth-order valence-electron chi connectivity index (χ4n) is 2.92. The second kappa shape index (κ2) is 7.76. The minimum absolute atomic E-state index is 0.00175. The van der Waals surface area contributed by atoms with Crippen LogP contribution in [0.2, 0.25) is 0 Å². The lowest BCUT2D eigenvalue weighted by Gasteiger charge is -2.33. The van der Waals surface area contributed by atoms with E-state index >= 15 is 0 Å². The van der Waals surface area contributed by atoms with Crippen LogP contribution in [0, 0.1) is 0 Å². The Balaban J connectivity index is 1.93. The summed E-state index contributed by atoms with van der Waals surface area (Å²) >= 11 is 0. The van der Waals surface area contributed by atoms with Gasteiger partial charge in [-0.3, -0.25) is 9.59 Å². The molecular weight excluding hydrogens is 298 g/mol. The van der Waals surface area contributed by atoms with Crippen molar-refractivity contribution in [1.82, 2.24) is 4.90 Å². The molecule has 1 unspecified atom stereocenters. The molecule has 0 aromatic heterocycles. The van der Waals surface area contributed by atoms with E-state index in [9.17, 15) is 14.4 Å². The van der Waals surface area contributed by atoms with Crippen LogP contribution in [0.15, 0.2) is 24.3 Å². The minimum atomic E-state index is -0.949. The van der Waals surface area contributed by atoms with Gasteiger partial charge in [0.1, 0.15) is 0 Å². The Labute approximate surface area is 134 Å². The Morgan fingerprint density at radius 3 is 2.39 bits per heavy atom. The lowest BCUT2D eigenvalue weighted by atomic mass is 9.90. The van der Waals surface area contributed by atoms with Gasteiger partial charge < -0.3 is 15.1 Å². The van der Waals surface area contributed by atoms with Crippen molar-refractivity contribution in [2.75, 3.05) is 13.1 Å². The summed E-state index contributed by atoms with van der Waals surface area (Å²) in [4.78, 5) is 35.3. The van der Waals surface area contributed by atoms with E-state index in [1.165, 1.54) is 0 Å². The molecule has 1 atom stereocenters. The zero-order valence-corrected chi connectivity index (χ0v) is 12.9. The maximum Gasteiger partial charge on any atom is 0.335 e. The molecule has 6 nitrogen and oxygen atoms in total. The monoisotopic (exact) mass is 319 g/mol. The van der Waals surface area contributed by atoms with Gasteiger partial charge in [-0.05, 0) is 37.0 Å². The highest BCUT2D eigenvalue weighted by molar-refractivity contribution is 5.87. The maximum absolute atomic E-state index is 12.2. The van der Waals surface area contributed by atoms with Crippen molar-refractivity contribution in [3.63, 3.8) is 0 Å². The molecule has 2 N–H and O–H groups in total. The molecule has 2 rings (SSSR count). The molecule has 1 aromatic carbocycles. The molecule has 23 heavy (non-hydrogen) atoms. The number of amides is 1. The fraction of sp³-hybridized carbons (Fsp3) is 0.471. The van der Waals surface area contributed by atoms with Gasteiger partial charge in [0.2, 0.25) is 5.91 Å². The highest BCUT2D eigenvalue weighted by atomic mass is 16.4. The molecule has 124 valence electrons. The van der Waals surface area contributed by atoms with Crippen molar-refractivity contribution in [3.8, 4) is 0 Å². The number of rotatable bonds is 6. The zero-order valence-electron chi connectivity index (χ0n) is 12.9. The van der Waals surface area contributed by atoms with Crippen LogP contribution in [-0.2, 0) is 9.59 Å². The second-order valence-corrected chi connectivity index (χ2v) is 5.85. The number of nitrogens with zero attached hydrogens (tertiary/aromatic N) is 1. The first-order valence-electron chi connectivity index (χ1n) is 7.80. The highest BCUT2D eigenvalue weighted by Gasteiger charge is 2.24. The van der Waals surface area contributed by atoms with Crippen molar-refractivity contribution in [2.24, 2.45) is 0 Å². The lowest BCUT2D eigenvalue weighted by Crippen LogP contribution is -2.39. The summed E-state index contributed by atoms with van der Waals surface area (Å²) < 4.78 is 0. The van der Waals surface area contributed by atoms with Gasteiger partial charge >= 0.3 is 11.9 Å². The quantitative estimate of drug-likeness (QED) is 0.839. The van der Waals surface area contributed by atoms with Gasteiger partial charge in [-0.15, -0.1) is 0 Å². The van der Waals surface area contributed by atoms with Crippen LogP contribution < -0.4 is 0 Å². The zero-order chi connectivity index (χ0) is 16.8. The third kappa shape index (κ3) is 4.81. The van der Waals surface area contributed by atoms with E-state index in [2.05, 4.69) is 0 Å². The summed E-state index contributed by atoms with van der Waals surface area (Å²) in [5, 5.41) is 17.5. The van der Waals surface area contributed by atoms with Gasteiger partial charge in [0.05, 0.1) is 5.56 Å². The molecule has 0 spiro atoms. The molecule has 0 saturated carbocycles. The van der Waals surface area contributed by atoms with Gasteiger partial charge in [0.15, 0.2) is 0 Å². The summed E-state index contributed by atoms with van der Waals surface area (Å²) in [5.74, 6) is -1.63. The van der Waals surface area contributed by atoms with Crippen LogP contribution in [0.4, 0.5) is 0 Å². The molecule has 1 aromatic rings. The predicted octanol–water partition coefficient (Wildman–Crippen LogP) is 2.35. The van der Waals surface area contributed by atoms with Crippen molar-refractivity contribution < 1.29 is 24.6 Å². The lowest BCUT2D eigenvalue weighted by molar-refractivity contribution is -0.137. The van der Waals surface area contributed by atoms with Gasteiger partial charge in [0.25, 0.3) is 0 Å². The van der Waals surface area contributed by atoms with E-state index < -0.39 is 11.9 Å². The standard InChI is InChI=1S/C17H21NO5/c19-15(4-1-5-16(20)21)18-10-2-3-14(11-18)12-6-8-13(9-7-12)17(22)23/h6-9,14H,1-5,10-11H2,(H,20,21)(H,22,23).